The fraction of sp³-hybridized carbons (Fsp3) is 0.263. The molecule has 1 atom stereocenters. The van der Waals surface area contributed by atoms with Crippen LogP contribution in [0.4, 0.5) is 5.69 Å². The highest BCUT2D eigenvalue weighted by Gasteiger charge is 2.16. The van der Waals surface area contributed by atoms with E-state index < -0.39 is 6.10 Å². The fourth-order valence-electron chi connectivity index (χ4n) is 2.15. The minimum Gasteiger partial charge on any atom is -0.481 e. The third kappa shape index (κ3) is 5.22. The quantitative estimate of drug-likeness (QED) is 0.782. The van der Waals surface area contributed by atoms with E-state index in [1.807, 2.05) is 6.92 Å². The lowest BCUT2D eigenvalue weighted by molar-refractivity contribution is -0.122. The summed E-state index contributed by atoms with van der Waals surface area (Å²) in [6.07, 6.45) is -0.690. The minimum atomic E-state index is -0.690. The molecule has 1 amide bonds. The highest BCUT2D eigenvalue weighted by Crippen LogP contribution is 2.20. The first-order chi connectivity index (χ1) is 11.9. The van der Waals surface area contributed by atoms with E-state index in [1.165, 1.54) is 0 Å². The van der Waals surface area contributed by atoms with E-state index in [9.17, 15) is 9.59 Å². The van der Waals surface area contributed by atoms with Crippen LogP contribution in [0.3, 0.4) is 0 Å². The summed E-state index contributed by atoms with van der Waals surface area (Å²) in [5.41, 5.74) is 1.82. The first kappa shape index (κ1) is 18.8. The Labute approximate surface area is 151 Å². The van der Waals surface area contributed by atoms with Gasteiger partial charge in [0.15, 0.2) is 6.10 Å². The predicted molar refractivity (Wildman–Crippen MR) is 97.3 cm³/mol. The summed E-state index contributed by atoms with van der Waals surface area (Å²) in [5.74, 6) is -0.119. The van der Waals surface area contributed by atoms with Crippen molar-refractivity contribution in [2.24, 2.45) is 0 Å². The van der Waals surface area contributed by atoms with Crippen molar-refractivity contribution in [2.45, 2.75) is 26.9 Å². The molecule has 2 aromatic rings. The Kier molecular flexibility index (Phi) is 6.42. The number of rotatable bonds is 6. The van der Waals surface area contributed by atoms with Gasteiger partial charge in [0.25, 0.3) is 5.91 Å². The lowest BCUT2D eigenvalue weighted by Crippen LogP contribution is -2.30. The zero-order chi connectivity index (χ0) is 18.4. The molecular formula is C19H20ClNO4. The van der Waals surface area contributed by atoms with Gasteiger partial charge in [-0.1, -0.05) is 11.6 Å². The van der Waals surface area contributed by atoms with Crippen molar-refractivity contribution < 1.29 is 19.1 Å². The average Bonchev–Trinajstić information content (AvgIpc) is 2.58. The molecule has 1 unspecified atom stereocenters. The van der Waals surface area contributed by atoms with Gasteiger partial charge in [-0.2, -0.15) is 0 Å². The molecule has 132 valence electrons. The molecule has 1 N–H and O–H groups in total. The van der Waals surface area contributed by atoms with Gasteiger partial charge in [0.2, 0.25) is 0 Å². The van der Waals surface area contributed by atoms with Crippen molar-refractivity contribution in [1.82, 2.24) is 0 Å². The number of amides is 1. The number of ether oxygens (including phenoxy) is 2. The molecule has 0 heterocycles. The Hall–Kier alpha value is -2.53. The molecule has 0 aliphatic heterocycles. The van der Waals surface area contributed by atoms with Crippen LogP contribution in [0.25, 0.3) is 0 Å². The number of anilines is 1. The topological polar surface area (TPSA) is 64.6 Å². The number of carbonyl (C=O) groups excluding carboxylic acids is 2. The molecule has 0 aliphatic rings. The lowest BCUT2D eigenvalue weighted by atomic mass is 10.1. The van der Waals surface area contributed by atoms with Crippen LogP contribution >= 0.6 is 11.6 Å². The lowest BCUT2D eigenvalue weighted by Gasteiger charge is -2.16. The minimum absolute atomic E-state index is 0.290. The van der Waals surface area contributed by atoms with Crippen molar-refractivity contribution in [3.8, 4) is 5.75 Å². The summed E-state index contributed by atoms with van der Waals surface area (Å²) >= 11 is 5.82. The molecule has 0 radical (unpaired) electrons. The van der Waals surface area contributed by atoms with Gasteiger partial charge in [0, 0.05) is 10.7 Å². The summed E-state index contributed by atoms with van der Waals surface area (Å²) in [5, 5.41) is 3.40. The molecule has 0 fully saturated rings. The largest absolute Gasteiger partial charge is 0.481 e. The number of benzene rings is 2. The van der Waals surface area contributed by atoms with Crippen molar-refractivity contribution in [2.75, 3.05) is 11.9 Å². The summed E-state index contributed by atoms with van der Waals surface area (Å²) in [4.78, 5) is 24.0. The molecule has 6 heteroatoms. The van der Waals surface area contributed by atoms with Crippen LogP contribution < -0.4 is 10.1 Å². The zero-order valence-corrected chi connectivity index (χ0v) is 15.1. The molecule has 0 bridgehead atoms. The number of carbonyl (C=O) groups is 2. The van der Waals surface area contributed by atoms with Crippen LogP contribution in [0.1, 0.15) is 29.8 Å². The summed E-state index contributed by atoms with van der Waals surface area (Å²) in [7, 11) is 0. The summed E-state index contributed by atoms with van der Waals surface area (Å²) in [6, 6.07) is 11.8. The van der Waals surface area contributed by atoms with Crippen LogP contribution in [0.5, 0.6) is 5.75 Å². The molecular weight excluding hydrogens is 342 g/mol. The van der Waals surface area contributed by atoms with Crippen LogP contribution in [-0.2, 0) is 9.53 Å². The van der Waals surface area contributed by atoms with E-state index >= 15 is 0 Å². The Morgan fingerprint density at radius 1 is 1.16 bits per heavy atom. The van der Waals surface area contributed by atoms with Crippen LogP contribution in [0.15, 0.2) is 42.5 Å². The molecule has 2 aromatic carbocycles. The summed E-state index contributed by atoms with van der Waals surface area (Å²) < 4.78 is 10.6. The monoisotopic (exact) mass is 361 g/mol. The highest BCUT2D eigenvalue weighted by atomic mass is 35.5. The maximum Gasteiger partial charge on any atom is 0.338 e. The Balaban J connectivity index is 2.01. The number of hydrogen-bond acceptors (Lipinski definition) is 4. The smallest absolute Gasteiger partial charge is 0.338 e. The van der Waals surface area contributed by atoms with E-state index in [0.717, 1.165) is 5.56 Å². The Morgan fingerprint density at radius 3 is 2.44 bits per heavy atom. The molecule has 0 saturated carbocycles. The van der Waals surface area contributed by atoms with Crippen LogP contribution in [0.2, 0.25) is 5.02 Å². The van der Waals surface area contributed by atoms with Gasteiger partial charge in [-0.05, 0) is 68.8 Å². The molecule has 25 heavy (non-hydrogen) atoms. The SMILES string of the molecule is CCOC(=O)c1ccc(NC(=O)C(C)Oc2ccc(Cl)cc2)c(C)c1. The molecule has 0 saturated heterocycles. The Morgan fingerprint density at radius 2 is 1.84 bits per heavy atom. The van der Waals surface area contributed by atoms with Gasteiger partial charge in [-0.15, -0.1) is 0 Å². The maximum atomic E-state index is 12.3. The molecule has 0 aromatic heterocycles. The number of esters is 1. The molecule has 0 aliphatic carbocycles. The van der Waals surface area contributed by atoms with Gasteiger partial charge in [-0.25, -0.2) is 4.79 Å². The van der Waals surface area contributed by atoms with Gasteiger partial charge in [0.05, 0.1) is 12.2 Å². The number of nitrogens with one attached hydrogen (secondary N) is 1. The van der Waals surface area contributed by atoms with Gasteiger partial charge in [-0.3, -0.25) is 4.79 Å². The molecule has 2 rings (SSSR count). The normalized spacial score (nSPS) is 11.5. The average molecular weight is 362 g/mol. The van der Waals surface area contributed by atoms with E-state index in [1.54, 1.807) is 56.3 Å². The van der Waals surface area contributed by atoms with Crippen LogP contribution in [0, 0.1) is 6.92 Å². The standard InChI is InChI=1S/C19H20ClNO4/c1-4-24-19(23)14-5-10-17(12(2)11-14)21-18(22)13(3)25-16-8-6-15(20)7-9-16/h5-11,13H,4H2,1-3H3,(H,21,22). The second-order valence-electron chi connectivity index (χ2n) is 5.45. The van der Waals surface area contributed by atoms with Gasteiger partial charge < -0.3 is 14.8 Å². The first-order valence-electron chi connectivity index (χ1n) is 7.91. The van der Waals surface area contributed by atoms with Gasteiger partial charge in [0.1, 0.15) is 5.75 Å². The third-order valence-corrected chi connectivity index (χ3v) is 3.74. The molecule has 5 nitrogen and oxygen atoms in total. The van der Waals surface area contributed by atoms with E-state index in [-0.39, 0.29) is 11.9 Å². The van der Waals surface area contributed by atoms with E-state index in [2.05, 4.69) is 5.32 Å². The number of aryl methyl sites for hydroxylation is 1. The molecule has 0 spiro atoms. The second kappa shape index (κ2) is 8.53. The number of halogens is 1. The van der Waals surface area contributed by atoms with Crippen molar-refractivity contribution in [1.29, 1.82) is 0 Å². The predicted octanol–water partition coefficient (Wildman–Crippen LogP) is 4.23. The fourth-order valence-corrected chi connectivity index (χ4v) is 2.28. The zero-order valence-electron chi connectivity index (χ0n) is 14.3. The second-order valence-corrected chi connectivity index (χ2v) is 5.89. The van der Waals surface area contributed by atoms with Crippen molar-refractivity contribution in [3.05, 3.63) is 58.6 Å². The Bertz CT molecular complexity index is 759. The first-order valence-corrected chi connectivity index (χ1v) is 8.29. The van der Waals surface area contributed by atoms with Crippen molar-refractivity contribution in [3.63, 3.8) is 0 Å². The number of hydrogen-bond donors (Lipinski definition) is 1. The van der Waals surface area contributed by atoms with E-state index in [0.29, 0.717) is 28.6 Å². The van der Waals surface area contributed by atoms with Crippen molar-refractivity contribution >= 4 is 29.2 Å². The highest BCUT2D eigenvalue weighted by molar-refractivity contribution is 6.30. The van der Waals surface area contributed by atoms with Crippen LogP contribution in [-0.4, -0.2) is 24.6 Å². The summed E-state index contributed by atoms with van der Waals surface area (Å²) in [6.45, 7) is 5.53. The maximum absolute atomic E-state index is 12.3. The third-order valence-electron chi connectivity index (χ3n) is 3.49. The van der Waals surface area contributed by atoms with Gasteiger partial charge >= 0.3 is 5.97 Å². The van der Waals surface area contributed by atoms with E-state index in [4.69, 9.17) is 21.1 Å².